The first kappa shape index (κ1) is 19.5. The Morgan fingerprint density at radius 2 is 1.54 bits per heavy atom. The van der Waals surface area contributed by atoms with Gasteiger partial charge in [-0.25, -0.2) is 0 Å². The molecular formula is C16H13F6N3O. The molecule has 10 heteroatoms. The number of benzene rings is 1. The maximum absolute atomic E-state index is 13.5. The van der Waals surface area contributed by atoms with Crippen LogP contribution in [0, 0.1) is 6.92 Å². The molecule has 0 fully saturated rings. The molecule has 4 nitrogen and oxygen atoms in total. The zero-order valence-corrected chi connectivity index (χ0v) is 13.2. The third kappa shape index (κ3) is 3.89. The summed E-state index contributed by atoms with van der Waals surface area (Å²) in [7, 11) is 0. The van der Waals surface area contributed by atoms with Gasteiger partial charge in [-0.3, -0.25) is 9.78 Å². The summed E-state index contributed by atoms with van der Waals surface area (Å²) in [5, 5.41) is 2.45. The minimum absolute atomic E-state index is 0.448. The SMILES string of the molecule is Cc1ccc(NC(NC(=O)c2cccnc2)(C(F)(F)F)C(F)(F)F)cc1. The number of alkyl halides is 6. The molecule has 0 bridgehead atoms. The van der Waals surface area contributed by atoms with Crippen LogP contribution < -0.4 is 10.6 Å². The van der Waals surface area contributed by atoms with Crippen molar-refractivity contribution in [2.75, 3.05) is 5.32 Å². The summed E-state index contributed by atoms with van der Waals surface area (Å²) < 4.78 is 81.0. The summed E-state index contributed by atoms with van der Waals surface area (Å²) in [4.78, 5) is 15.5. The second kappa shape index (κ2) is 6.85. The Bertz CT molecular complexity index is 742. The smallest absolute Gasteiger partial charge is 0.348 e. The fourth-order valence-corrected chi connectivity index (χ4v) is 2.07. The molecule has 0 radical (unpaired) electrons. The summed E-state index contributed by atoms with van der Waals surface area (Å²) in [6, 6.07) is 7.04. The Morgan fingerprint density at radius 1 is 0.962 bits per heavy atom. The van der Waals surface area contributed by atoms with E-state index in [0.29, 0.717) is 5.56 Å². The van der Waals surface area contributed by atoms with Crippen molar-refractivity contribution >= 4 is 11.6 Å². The highest BCUT2D eigenvalue weighted by Crippen LogP contribution is 2.43. The highest BCUT2D eigenvalue weighted by atomic mass is 19.4. The molecule has 2 rings (SSSR count). The first-order valence-corrected chi connectivity index (χ1v) is 7.17. The summed E-state index contributed by atoms with van der Waals surface area (Å²) in [5.41, 5.74) is -4.95. The Balaban J connectivity index is 2.49. The average Bonchev–Trinajstić information content (AvgIpc) is 2.54. The number of carbonyl (C=O) groups excluding carboxylic acids is 1. The fourth-order valence-electron chi connectivity index (χ4n) is 2.07. The predicted octanol–water partition coefficient (Wildman–Crippen LogP) is 4.05. The van der Waals surface area contributed by atoms with E-state index in [1.807, 2.05) is 0 Å². The van der Waals surface area contributed by atoms with Gasteiger partial charge in [-0.2, -0.15) is 26.3 Å². The molecule has 26 heavy (non-hydrogen) atoms. The molecule has 0 saturated heterocycles. The number of pyridine rings is 1. The van der Waals surface area contributed by atoms with Crippen LogP contribution in [0.15, 0.2) is 48.8 Å². The summed E-state index contributed by atoms with van der Waals surface area (Å²) in [6.45, 7) is 1.62. The molecule has 0 aliphatic carbocycles. The molecule has 0 aliphatic rings. The van der Waals surface area contributed by atoms with E-state index >= 15 is 0 Å². The molecule has 0 aliphatic heterocycles. The van der Waals surface area contributed by atoms with E-state index in [1.54, 1.807) is 6.92 Å². The van der Waals surface area contributed by atoms with Crippen LogP contribution in [0.2, 0.25) is 0 Å². The highest BCUT2D eigenvalue weighted by Gasteiger charge is 2.72. The van der Waals surface area contributed by atoms with Gasteiger partial charge in [-0.15, -0.1) is 0 Å². The van der Waals surface area contributed by atoms with Gasteiger partial charge in [0, 0.05) is 18.1 Å². The number of aromatic nitrogens is 1. The number of carbonyl (C=O) groups is 1. The van der Waals surface area contributed by atoms with Gasteiger partial charge in [0.15, 0.2) is 0 Å². The van der Waals surface area contributed by atoms with Crippen LogP contribution in [-0.4, -0.2) is 28.9 Å². The molecule has 1 aromatic carbocycles. The number of hydrogen-bond donors (Lipinski definition) is 2. The van der Waals surface area contributed by atoms with E-state index < -0.39 is 35.2 Å². The number of aryl methyl sites for hydroxylation is 1. The van der Waals surface area contributed by atoms with Crippen molar-refractivity contribution in [1.82, 2.24) is 10.3 Å². The van der Waals surface area contributed by atoms with Crippen LogP contribution in [0.4, 0.5) is 32.0 Å². The van der Waals surface area contributed by atoms with Crippen molar-refractivity contribution in [2.24, 2.45) is 0 Å². The summed E-state index contributed by atoms with van der Waals surface area (Å²) in [6.07, 6.45) is -9.68. The lowest BCUT2D eigenvalue weighted by molar-refractivity contribution is -0.294. The van der Waals surface area contributed by atoms with Crippen molar-refractivity contribution in [2.45, 2.75) is 24.9 Å². The summed E-state index contributed by atoms with van der Waals surface area (Å²) in [5.74, 6) is -1.58. The minimum atomic E-state index is -5.88. The van der Waals surface area contributed by atoms with Gasteiger partial charge in [0.05, 0.1) is 5.56 Å². The molecular weight excluding hydrogens is 364 g/mol. The quantitative estimate of drug-likeness (QED) is 0.624. The van der Waals surface area contributed by atoms with Crippen LogP contribution in [-0.2, 0) is 0 Å². The van der Waals surface area contributed by atoms with Crippen molar-refractivity contribution in [3.63, 3.8) is 0 Å². The lowest BCUT2D eigenvalue weighted by Gasteiger charge is -2.39. The second-order valence-corrected chi connectivity index (χ2v) is 5.43. The van der Waals surface area contributed by atoms with Gasteiger partial charge in [-0.05, 0) is 31.2 Å². The fraction of sp³-hybridized carbons (Fsp3) is 0.250. The lowest BCUT2D eigenvalue weighted by Crippen LogP contribution is -2.72. The minimum Gasteiger partial charge on any atom is -0.348 e. The first-order valence-electron chi connectivity index (χ1n) is 7.17. The molecule has 1 heterocycles. The van der Waals surface area contributed by atoms with Crippen molar-refractivity contribution in [3.05, 3.63) is 59.9 Å². The Kier molecular flexibility index (Phi) is 5.15. The van der Waals surface area contributed by atoms with Crippen molar-refractivity contribution in [3.8, 4) is 0 Å². The Labute approximate surface area is 144 Å². The first-order chi connectivity index (χ1) is 12.0. The normalized spacial score (nSPS) is 12.6. The van der Waals surface area contributed by atoms with Gasteiger partial charge in [0.1, 0.15) is 0 Å². The number of nitrogens with zero attached hydrogens (tertiary/aromatic N) is 1. The van der Waals surface area contributed by atoms with Crippen LogP contribution in [0.5, 0.6) is 0 Å². The van der Waals surface area contributed by atoms with Gasteiger partial charge in [0.25, 0.3) is 5.91 Å². The molecule has 140 valence electrons. The third-order valence-electron chi connectivity index (χ3n) is 3.46. The number of rotatable bonds is 4. The molecule has 0 unspecified atom stereocenters. The lowest BCUT2D eigenvalue weighted by atomic mass is 10.1. The monoisotopic (exact) mass is 377 g/mol. The van der Waals surface area contributed by atoms with Crippen molar-refractivity contribution in [1.29, 1.82) is 0 Å². The number of halogens is 6. The summed E-state index contributed by atoms with van der Waals surface area (Å²) >= 11 is 0. The molecule has 2 aromatic rings. The second-order valence-electron chi connectivity index (χ2n) is 5.43. The highest BCUT2D eigenvalue weighted by molar-refractivity contribution is 5.94. The van der Waals surface area contributed by atoms with Gasteiger partial charge in [0.2, 0.25) is 0 Å². The third-order valence-corrected chi connectivity index (χ3v) is 3.46. The zero-order valence-electron chi connectivity index (χ0n) is 13.2. The van der Waals surface area contributed by atoms with Crippen LogP contribution in [0.25, 0.3) is 0 Å². The van der Waals surface area contributed by atoms with E-state index in [9.17, 15) is 31.1 Å². The Hall–Kier alpha value is -2.78. The van der Waals surface area contributed by atoms with E-state index in [2.05, 4.69) is 4.98 Å². The predicted molar refractivity (Wildman–Crippen MR) is 81.3 cm³/mol. The molecule has 0 spiro atoms. The topological polar surface area (TPSA) is 54.0 Å². The maximum Gasteiger partial charge on any atom is 0.439 e. The largest absolute Gasteiger partial charge is 0.439 e. The van der Waals surface area contributed by atoms with Crippen molar-refractivity contribution < 1.29 is 31.1 Å². The molecule has 0 atom stereocenters. The molecule has 0 saturated carbocycles. The number of hydrogen-bond acceptors (Lipinski definition) is 3. The van der Waals surface area contributed by atoms with Crippen LogP contribution in [0.1, 0.15) is 15.9 Å². The van der Waals surface area contributed by atoms with Gasteiger partial charge in [-0.1, -0.05) is 17.7 Å². The number of anilines is 1. The molecule has 1 aromatic heterocycles. The Morgan fingerprint density at radius 3 is 2.00 bits per heavy atom. The van der Waals surface area contributed by atoms with Gasteiger partial charge >= 0.3 is 18.0 Å². The van der Waals surface area contributed by atoms with E-state index in [-0.39, 0.29) is 0 Å². The average molecular weight is 377 g/mol. The van der Waals surface area contributed by atoms with E-state index in [4.69, 9.17) is 0 Å². The molecule has 2 N–H and O–H groups in total. The standard InChI is InChI=1S/C16H13F6N3O/c1-10-4-6-12(7-5-10)24-14(15(17,18)19,16(20,21)22)25-13(26)11-3-2-8-23-9-11/h2-9,24H,1H3,(H,25,26). The number of amides is 1. The van der Waals surface area contributed by atoms with Crippen LogP contribution in [0.3, 0.4) is 0 Å². The molecule has 1 amide bonds. The zero-order chi connectivity index (χ0) is 19.6. The van der Waals surface area contributed by atoms with E-state index in [1.165, 1.54) is 29.7 Å². The van der Waals surface area contributed by atoms with Gasteiger partial charge < -0.3 is 10.6 Å². The van der Waals surface area contributed by atoms with E-state index in [0.717, 1.165) is 29.7 Å². The van der Waals surface area contributed by atoms with Crippen LogP contribution >= 0.6 is 0 Å². The number of nitrogens with one attached hydrogen (secondary N) is 2. The maximum atomic E-state index is 13.5.